The summed E-state index contributed by atoms with van der Waals surface area (Å²) in [5, 5.41) is 14.0. The molecule has 88 valence electrons. The van der Waals surface area contributed by atoms with Gasteiger partial charge in [0, 0.05) is 6.20 Å². The Hall–Kier alpha value is -2.15. The summed E-state index contributed by atoms with van der Waals surface area (Å²) in [4.78, 5) is 11.6. The van der Waals surface area contributed by atoms with Crippen LogP contribution in [0.3, 0.4) is 0 Å². The molecule has 0 saturated carbocycles. The molecule has 0 bridgehead atoms. The van der Waals surface area contributed by atoms with E-state index in [9.17, 15) is 4.79 Å². The van der Waals surface area contributed by atoms with Crippen molar-refractivity contribution in [2.24, 2.45) is 0 Å². The quantitative estimate of drug-likeness (QED) is 0.831. The molecule has 0 fully saturated rings. The summed E-state index contributed by atoms with van der Waals surface area (Å²) in [7, 11) is 0. The van der Waals surface area contributed by atoms with E-state index in [1.807, 2.05) is 0 Å². The minimum Gasteiger partial charge on any atom is -0.396 e. The van der Waals surface area contributed by atoms with Crippen molar-refractivity contribution < 1.29 is 4.79 Å². The maximum Gasteiger partial charge on any atom is 0.247 e. The van der Waals surface area contributed by atoms with E-state index in [4.69, 9.17) is 17.3 Å². The average Bonchev–Trinajstić information content (AvgIpc) is 2.67. The average molecular weight is 253 g/mol. The number of aromatic nitrogens is 4. The molecule has 2 heterocycles. The van der Waals surface area contributed by atoms with Crippen LogP contribution in [0.4, 0.5) is 11.5 Å². The van der Waals surface area contributed by atoms with E-state index in [2.05, 4.69) is 20.6 Å². The molecule has 8 heteroatoms. The van der Waals surface area contributed by atoms with E-state index < -0.39 is 0 Å². The predicted octanol–water partition coefficient (Wildman–Crippen LogP) is 0.547. The molecule has 0 atom stereocenters. The summed E-state index contributed by atoms with van der Waals surface area (Å²) < 4.78 is 1.42. The number of rotatable bonds is 3. The number of nitrogens with one attached hydrogen (secondary N) is 1. The Morgan fingerprint density at radius 3 is 2.88 bits per heavy atom. The fourth-order valence-electron chi connectivity index (χ4n) is 1.18. The van der Waals surface area contributed by atoms with Crippen LogP contribution in [0, 0.1) is 0 Å². The molecule has 0 aliphatic heterocycles. The fraction of sp³-hybridized carbons (Fsp3) is 0.111. The highest BCUT2D eigenvalue weighted by molar-refractivity contribution is 6.29. The van der Waals surface area contributed by atoms with Gasteiger partial charge in [-0.2, -0.15) is 5.10 Å². The highest BCUT2D eigenvalue weighted by Crippen LogP contribution is 2.06. The molecular formula is C9H9ClN6O. The van der Waals surface area contributed by atoms with Crippen LogP contribution in [0.5, 0.6) is 0 Å². The molecule has 0 unspecified atom stereocenters. The molecule has 0 aliphatic rings. The minimum absolute atomic E-state index is 0.0571. The molecule has 0 aromatic carbocycles. The number of amides is 1. The molecule has 0 radical (unpaired) electrons. The normalized spacial score (nSPS) is 10.2. The van der Waals surface area contributed by atoms with E-state index in [0.29, 0.717) is 11.5 Å². The number of hydrogen-bond acceptors (Lipinski definition) is 5. The van der Waals surface area contributed by atoms with E-state index in [0.717, 1.165) is 0 Å². The van der Waals surface area contributed by atoms with E-state index in [1.165, 1.54) is 16.9 Å². The molecule has 0 saturated heterocycles. The van der Waals surface area contributed by atoms with E-state index in [1.54, 1.807) is 12.3 Å². The van der Waals surface area contributed by atoms with Gasteiger partial charge in [0.2, 0.25) is 5.91 Å². The zero-order valence-corrected chi connectivity index (χ0v) is 9.42. The van der Waals surface area contributed by atoms with Gasteiger partial charge in [0.25, 0.3) is 0 Å². The summed E-state index contributed by atoms with van der Waals surface area (Å²) in [5.74, 6) is 0.0595. The molecule has 1 amide bonds. The monoisotopic (exact) mass is 252 g/mol. The second-order valence-corrected chi connectivity index (χ2v) is 3.65. The van der Waals surface area contributed by atoms with E-state index >= 15 is 0 Å². The zero-order valence-electron chi connectivity index (χ0n) is 8.67. The third-order valence-corrected chi connectivity index (χ3v) is 2.06. The molecule has 2 aromatic rings. The van der Waals surface area contributed by atoms with Crippen LogP contribution in [0.25, 0.3) is 0 Å². The molecule has 17 heavy (non-hydrogen) atoms. The van der Waals surface area contributed by atoms with Gasteiger partial charge in [-0.1, -0.05) is 11.6 Å². The van der Waals surface area contributed by atoms with Crippen molar-refractivity contribution in [1.29, 1.82) is 0 Å². The van der Waals surface area contributed by atoms with Crippen molar-refractivity contribution in [3.05, 3.63) is 29.7 Å². The number of anilines is 2. The summed E-state index contributed by atoms with van der Waals surface area (Å²) >= 11 is 5.57. The first-order valence-corrected chi connectivity index (χ1v) is 5.08. The Morgan fingerprint density at radius 2 is 2.29 bits per heavy atom. The smallest absolute Gasteiger partial charge is 0.247 e. The molecule has 3 N–H and O–H groups in total. The van der Waals surface area contributed by atoms with Crippen LogP contribution in [0.15, 0.2) is 24.5 Å². The third-order valence-electron chi connectivity index (χ3n) is 1.86. The Morgan fingerprint density at radius 1 is 1.47 bits per heavy atom. The van der Waals surface area contributed by atoms with Gasteiger partial charge in [-0.25, -0.2) is 0 Å². The molecule has 2 rings (SSSR count). The van der Waals surface area contributed by atoms with Gasteiger partial charge in [-0.05, 0) is 12.1 Å². The molecule has 7 nitrogen and oxygen atoms in total. The number of carbonyl (C=O) groups excluding carboxylic acids is 1. The molecule has 0 aliphatic carbocycles. The first-order chi connectivity index (χ1) is 8.13. The van der Waals surface area contributed by atoms with Gasteiger partial charge in [-0.3, -0.25) is 9.48 Å². The molecule has 0 spiro atoms. The summed E-state index contributed by atoms with van der Waals surface area (Å²) in [5.41, 5.74) is 5.98. The third kappa shape index (κ3) is 3.15. The maximum atomic E-state index is 11.6. The van der Waals surface area contributed by atoms with Gasteiger partial charge in [0.05, 0.1) is 11.9 Å². The van der Waals surface area contributed by atoms with Crippen molar-refractivity contribution in [2.45, 2.75) is 6.54 Å². The van der Waals surface area contributed by atoms with Gasteiger partial charge < -0.3 is 11.1 Å². The predicted molar refractivity (Wildman–Crippen MR) is 62.3 cm³/mol. The lowest BCUT2D eigenvalue weighted by Crippen LogP contribution is -2.19. The number of hydrogen-bond donors (Lipinski definition) is 2. The van der Waals surface area contributed by atoms with Crippen LogP contribution in [0.2, 0.25) is 5.15 Å². The van der Waals surface area contributed by atoms with Crippen molar-refractivity contribution in [1.82, 2.24) is 20.0 Å². The number of carbonyl (C=O) groups is 1. The van der Waals surface area contributed by atoms with Crippen LogP contribution in [0.1, 0.15) is 0 Å². The Kier molecular flexibility index (Phi) is 3.20. The fourth-order valence-corrected chi connectivity index (χ4v) is 1.28. The lowest BCUT2D eigenvalue weighted by molar-refractivity contribution is -0.116. The number of halogens is 1. The van der Waals surface area contributed by atoms with Gasteiger partial charge >= 0.3 is 0 Å². The topological polar surface area (TPSA) is 98.7 Å². The zero-order chi connectivity index (χ0) is 12.3. The van der Waals surface area contributed by atoms with Crippen LogP contribution >= 0.6 is 11.6 Å². The standard InChI is InChI=1S/C9H9ClN6O/c10-7-1-2-8(15-14-7)13-9(17)5-16-4-6(11)3-12-16/h1-4H,5,11H2,(H,13,15,17). The van der Waals surface area contributed by atoms with Crippen molar-refractivity contribution in [3.8, 4) is 0 Å². The highest BCUT2D eigenvalue weighted by Gasteiger charge is 2.05. The number of nitrogen functional groups attached to an aromatic ring is 1. The number of nitrogens with zero attached hydrogens (tertiary/aromatic N) is 4. The Labute approximate surface area is 102 Å². The molecular weight excluding hydrogens is 244 g/mol. The minimum atomic E-state index is -0.273. The SMILES string of the molecule is Nc1cnn(CC(=O)Nc2ccc(Cl)nn2)c1. The Balaban J connectivity index is 1.95. The van der Waals surface area contributed by atoms with Crippen LogP contribution < -0.4 is 11.1 Å². The van der Waals surface area contributed by atoms with Crippen molar-refractivity contribution in [3.63, 3.8) is 0 Å². The first-order valence-electron chi connectivity index (χ1n) is 4.70. The lowest BCUT2D eigenvalue weighted by atomic mass is 10.5. The van der Waals surface area contributed by atoms with E-state index in [-0.39, 0.29) is 17.6 Å². The van der Waals surface area contributed by atoms with Gasteiger partial charge in [-0.15, -0.1) is 10.2 Å². The second kappa shape index (κ2) is 4.79. The highest BCUT2D eigenvalue weighted by atomic mass is 35.5. The summed E-state index contributed by atoms with van der Waals surface area (Å²) in [6.07, 6.45) is 3.03. The largest absolute Gasteiger partial charge is 0.396 e. The Bertz CT molecular complexity index is 523. The number of nitrogens with two attached hydrogens (primary N) is 1. The van der Waals surface area contributed by atoms with Crippen LogP contribution in [-0.2, 0) is 11.3 Å². The van der Waals surface area contributed by atoms with Crippen molar-refractivity contribution >= 4 is 29.0 Å². The first kappa shape index (κ1) is 11.3. The summed E-state index contributed by atoms with van der Waals surface area (Å²) in [6.45, 7) is 0.0571. The van der Waals surface area contributed by atoms with Crippen molar-refractivity contribution in [2.75, 3.05) is 11.1 Å². The van der Waals surface area contributed by atoms with Gasteiger partial charge in [0.1, 0.15) is 6.54 Å². The maximum absolute atomic E-state index is 11.6. The van der Waals surface area contributed by atoms with Crippen LogP contribution in [-0.4, -0.2) is 25.9 Å². The lowest BCUT2D eigenvalue weighted by Gasteiger charge is -2.03. The molecule has 2 aromatic heterocycles. The summed E-state index contributed by atoms with van der Waals surface area (Å²) in [6, 6.07) is 3.10. The van der Waals surface area contributed by atoms with Gasteiger partial charge in [0.15, 0.2) is 11.0 Å². The second-order valence-electron chi connectivity index (χ2n) is 3.26.